The van der Waals surface area contributed by atoms with E-state index >= 15 is 0 Å². The van der Waals surface area contributed by atoms with Gasteiger partial charge in [-0.05, 0) is 30.0 Å². The van der Waals surface area contributed by atoms with Crippen LogP contribution in [-0.2, 0) is 14.4 Å². The molecule has 0 aromatic heterocycles. The van der Waals surface area contributed by atoms with E-state index in [1.165, 1.54) is 5.56 Å². The van der Waals surface area contributed by atoms with Crippen LogP contribution in [0.4, 0.5) is 5.69 Å². The van der Waals surface area contributed by atoms with E-state index < -0.39 is 11.8 Å². The first kappa shape index (κ1) is 16.7. The number of hydrogen-bond acceptors (Lipinski definition) is 3. The zero-order valence-corrected chi connectivity index (χ0v) is 12.3. The molecule has 1 aromatic rings. The molecule has 1 rings (SSSR count). The maximum atomic E-state index is 11.7. The fourth-order valence-corrected chi connectivity index (χ4v) is 1.67. The molecule has 3 N–H and O–H groups in total. The van der Waals surface area contributed by atoms with Gasteiger partial charge in [-0.2, -0.15) is 0 Å². The number of rotatable bonds is 7. The number of carbonyl (C=O) groups is 3. The van der Waals surface area contributed by atoms with E-state index in [1.807, 2.05) is 12.1 Å². The molecule has 0 saturated carbocycles. The molecule has 0 aliphatic rings. The number of benzene rings is 1. The van der Waals surface area contributed by atoms with Crippen molar-refractivity contribution in [1.29, 1.82) is 0 Å². The second-order valence-electron chi connectivity index (χ2n) is 4.91. The predicted octanol–water partition coefficient (Wildman–Crippen LogP) is 1.00. The number of hydrogen-bond donors (Lipinski definition) is 3. The molecule has 0 aliphatic heterocycles. The average Bonchev–Trinajstić information content (AvgIpc) is 2.47. The van der Waals surface area contributed by atoms with Crippen molar-refractivity contribution in [1.82, 2.24) is 10.6 Å². The third-order valence-corrected chi connectivity index (χ3v) is 2.91. The molecular formula is C15H21N3O3. The number of nitrogens with one attached hydrogen (secondary N) is 3. The number of anilines is 1. The zero-order chi connectivity index (χ0) is 15.7. The molecule has 0 heterocycles. The third kappa shape index (κ3) is 6.07. The van der Waals surface area contributed by atoms with Crippen molar-refractivity contribution in [2.24, 2.45) is 0 Å². The molecule has 114 valence electrons. The number of amides is 3. The lowest BCUT2D eigenvalue weighted by Crippen LogP contribution is -2.36. The summed E-state index contributed by atoms with van der Waals surface area (Å²) in [5.74, 6) is -0.970. The highest BCUT2D eigenvalue weighted by molar-refractivity contribution is 6.39. The standard InChI is InChI=1S/C15H21N3O3/c1-11(2)12-4-6-13(7-5-12)18-15(21)14(20)17-9-3-8-16-10-19/h4-7,10-11H,3,8-9H2,1-2H3,(H,16,19)(H,17,20)(H,18,21). The van der Waals surface area contributed by atoms with Crippen molar-refractivity contribution in [2.45, 2.75) is 26.2 Å². The molecule has 0 saturated heterocycles. The predicted molar refractivity (Wildman–Crippen MR) is 80.9 cm³/mol. The van der Waals surface area contributed by atoms with Crippen molar-refractivity contribution >= 4 is 23.9 Å². The van der Waals surface area contributed by atoms with Gasteiger partial charge in [0.1, 0.15) is 0 Å². The monoisotopic (exact) mass is 291 g/mol. The van der Waals surface area contributed by atoms with Crippen LogP contribution in [-0.4, -0.2) is 31.3 Å². The van der Waals surface area contributed by atoms with E-state index in [0.717, 1.165) is 0 Å². The van der Waals surface area contributed by atoms with E-state index in [9.17, 15) is 14.4 Å². The average molecular weight is 291 g/mol. The lowest BCUT2D eigenvalue weighted by molar-refractivity contribution is -0.136. The van der Waals surface area contributed by atoms with Gasteiger partial charge in [0.15, 0.2) is 0 Å². The van der Waals surface area contributed by atoms with Crippen LogP contribution >= 0.6 is 0 Å². The minimum atomic E-state index is -0.698. The van der Waals surface area contributed by atoms with Crippen LogP contribution < -0.4 is 16.0 Å². The van der Waals surface area contributed by atoms with Crippen molar-refractivity contribution in [3.05, 3.63) is 29.8 Å². The molecule has 3 amide bonds. The first-order valence-corrected chi connectivity index (χ1v) is 6.90. The quantitative estimate of drug-likeness (QED) is 0.398. The Balaban J connectivity index is 2.38. The molecule has 6 nitrogen and oxygen atoms in total. The molecule has 6 heteroatoms. The topological polar surface area (TPSA) is 87.3 Å². The van der Waals surface area contributed by atoms with Gasteiger partial charge in [-0.3, -0.25) is 14.4 Å². The van der Waals surface area contributed by atoms with Crippen LogP contribution in [0.2, 0.25) is 0 Å². The first-order chi connectivity index (χ1) is 10.0. The Morgan fingerprint density at radius 2 is 1.76 bits per heavy atom. The summed E-state index contributed by atoms with van der Waals surface area (Å²) in [6.45, 7) is 4.96. The molecule has 1 aromatic carbocycles. The normalized spacial score (nSPS) is 10.0. The highest BCUT2D eigenvalue weighted by Crippen LogP contribution is 2.16. The van der Waals surface area contributed by atoms with Gasteiger partial charge in [0.25, 0.3) is 0 Å². The van der Waals surface area contributed by atoms with E-state index in [0.29, 0.717) is 37.5 Å². The van der Waals surface area contributed by atoms with Crippen molar-refractivity contribution in [3.8, 4) is 0 Å². The van der Waals surface area contributed by atoms with E-state index in [1.54, 1.807) is 12.1 Å². The molecular weight excluding hydrogens is 270 g/mol. The highest BCUT2D eigenvalue weighted by Gasteiger charge is 2.12. The lowest BCUT2D eigenvalue weighted by atomic mass is 10.0. The molecule has 0 atom stereocenters. The summed E-state index contributed by atoms with van der Waals surface area (Å²) in [4.78, 5) is 33.2. The Morgan fingerprint density at radius 1 is 1.10 bits per heavy atom. The van der Waals surface area contributed by atoms with Gasteiger partial charge >= 0.3 is 11.8 Å². The summed E-state index contributed by atoms with van der Waals surface area (Å²) < 4.78 is 0. The fraction of sp³-hybridized carbons (Fsp3) is 0.400. The second-order valence-corrected chi connectivity index (χ2v) is 4.91. The highest BCUT2D eigenvalue weighted by atomic mass is 16.2. The van der Waals surface area contributed by atoms with Crippen LogP contribution in [0.3, 0.4) is 0 Å². The lowest BCUT2D eigenvalue weighted by Gasteiger charge is -2.08. The third-order valence-electron chi connectivity index (χ3n) is 2.91. The zero-order valence-electron chi connectivity index (χ0n) is 12.3. The summed E-state index contributed by atoms with van der Waals surface area (Å²) in [6.07, 6.45) is 1.16. The van der Waals surface area contributed by atoms with Crippen LogP contribution in [0.1, 0.15) is 31.7 Å². The van der Waals surface area contributed by atoms with Gasteiger partial charge in [0, 0.05) is 18.8 Å². The van der Waals surface area contributed by atoms with Crippen LogP contribution in [0.15, 0.2) is 24.3 Å². The van der Waals surface area contributed by atoms with E-state index in [4.69, 9.17) is 0 Å². The SMILES string of the molecule is CC(C)c1ccc(NC(=O)C(=O)NCCCNC=O)cc1. The van der Waals surface area contributed by atoms with Crippen LogP contribution in [0.25, 0.3) is 0 Å². The minimum Gasteiger partial charge on any atom is -0.359 e. The first-order valence-electron chi connectivity index (χ1n) is 6.90. The van der Waals surface area contributed by atoms with Gasteiger partial charge in [-0.1, -0.05) is 26.0 Å². The Morgan fingerprint density at radius 3 is 2.33 bits per heavy atom. The molecule has 21 heavy (non-hydrogen) atoms. The molecule has 0 aliphatic carbocycles. The minimum absolute atomic E-state index is 0.333. The van der Waals surface area contributed by atoms with Crippen LogP contribution in [0.5, 0.6) is 0 Å². The summed E-state index contributed by atoms with van der Waals surface area (Å²) in [5.41, 5.74) is 1.75. The van der Waals surface area contributed by atoms with Gasteiger partial charge in [0.2, 0.25) is 6.41 Å². The molecule has 0 bridgehead atoms. The Labute approximate surface area is 124 Å². The van der Waals surface area contributed by atoms with E-state index in [-0.39, 0.29) is 0 Å². The van der Waals surface area contributed by atoms with Crippen molar-refractivity contribution in [3.63, 3.8) is 0 Å². The smallest absolute Gasteiger partial charge is 0.313 e. The summed E-state index contributed by atoms with van der Waals surface area (Å²) in [6, 6.07) is 7.38. The summed E-state index contributed by atoms with van der Waals surface area (Å²) >= 11 is 0. The maximum Gasteiger partial charge on any atom is 0.313 e. The largest absolute Gasteiger partial charge is 0.359 e. The van der Waals surface area contributed by atoms with Gasteiger partial charge in [-0.25, -0.2) is 0 Å². The Bertz CT molecular complexity index is 483. The van der Waals surface area contributed by atoms with Gasteiger partial charge in [-0.15, -0.1) is 0 Å². The van der Waals surface area contributed by atoms with Gasteiger partial charge in [0.05, 0.1) is 0 Å². The second kappa shape index (κ2) is 8.73. The van der Waals surface area contributed by atoms with Gasteiger partial charge < -0.3 is 16.0 Å². The Kier molecular flexibility index (Phi) is 6.94. The molecule has 0 spiro atoms. The van der Waals surface area contributed by atoms with Crippen molar-refractivity contribution < 1.29 is 14.4 Å². The van der Waals surface area contributed by atoms with E-state index in [2.05, 4.69) is 29.8 Å². The van der Waals surface area contributed by atoms with Crippen molar-refractivity contribution in [2.75, 3.05) is 18.4 Å². The Hall–Kier alpha value is -2.37. The fourth-order valence-electron chi connectivity index (χ4n) is 1.67. The molecule has 0 fully saturated rings. The number of carbonyl (C=O) groups excluding carboxylic acids is 3. The summed E-state index contributed by atoms with van der Waals surface area (Å²) in [7, 11) is 0. The molecule has 0 radical (unpaired) electrons. The summed E-state index contributed by atoms with van der Waals surface area (Å²) in [5, 5.41) is 7.49. The molecule has 0 unspecified atom stereocenters. The maximum absolute atomic E-state index is 11.7. The van der Waals surface area contributed by atoms with Crippen LogP contribution in [0, 0.1) is 0 Å².